The number of ether oxygens (including phenoxy) is 2. The number of nitrogen functional groups attached to an aromatic ring is 1. The molecule has 0 amide bonds. The second-order valence-corrected chi connectivity index (χ2v) is 3.47. The summed E-state index contributed by atoms with van der Waals surface area (Å²) in [5.41, 5.74) is 4.99. The first-order valence-electron chi connectivity index (χ1n) is 5.27. The van der Waals surface area contributed by atoms with Crippen molar-refractivity contribution in [3.8, 4) is 5.75 Å². The summed E-state index contributed by atoms with van der Waals surface area (Å²) in [6.07, 6.45) is -4.89. The molecule has 4 nitrogen and oxygen atoms in total. The number of carbonyl (C=O) groups excluding carboxylic acids is 1. The van der Waals surface area contributed by atoms with E-state index in [2.05, 4.69) is 16.1 Å². The largest absolute Gasteiger partial charge is 0.573 e. The predicted octanol–water partition coefficient (Wildman–Crippen LogP) is 2.74. The normalized spacial score (nSPS) is 10.9. The smallest absolute Gasteiger partial charge is 0.462 e. The molecule has 0 atom stereocenters. The number of halogens is 3. The molecule has 1 rings (SSSR count). The maximum Gasteiger partial charge on any atom is 0.573 e. The number of esters is 1. The van der Waals surface area contributed by atoms with Crippen LogP contribution < -0.4 is 10.5 Å². The van der Waals surface area contributed by atoms with Crippen molar-refractivity contribution in [3.05, 3.63) is 30.3 Å². The molecule has 2 N–H and O–H groups in total. The zero-order chi connectivity index (χ0) is 14.6. The van der Waals surface area contributed by atoms with Crippen LogP contribution in [0.4, 0.5) is 18.9 Å². The molecule has 1 aromatic carbocycles. The monoisotopic (exact) mass is 275 g/mol. The fourth-order valence-corrected chi connectivity index (χ4v) is 1.40. The zero-order valence-corrected chi connectivity index (χ0v) is 10.1. The van der Waals surface area contributed by atoms with E-state index in [4.69, 9.17) is 5.73 Å². The number of hydrogen-bond acceptors (Lipinski definition) is 4. The van der Waals surface area contributed by atoms with Crippen molar-refractivity contribution in [2.24, 2.45) is 0 Å². The Bertz CT molecular complexity index is 497. The van der Waals surface area contributed by atoms with Crippen LogP contribution in [0.1, 0.15) is 12.5 Å². The van der Waals surface area contributed by atoms with Gasteiger partial charge in [0.25, 0.3) is 0 Å². The molecule has 0 saturated heterocycles. The molecular formula is C12H12F3NO3. The molecule has 0 saturated carbocycles. The van der Waals surface area contributed by atoms with Gasteiger partial charge >= 0.3 is 12.3 Å². The van der Waals surface area contributed by atoms with E-state index in [1.54, 1.807) is 6.92 Å². The molecule has 0 aliphatic carbocycles. The van der Waals surface area contributed by atoms with Crippen LogP contribution in [0.25, 0.3) is 5.57 Å². The minimum absolute atomic E-state index is 0.0557. The molecule has 0 heterocycles. The Hall–Kier alpha value is -2.18. The highest BCUT2D eigenvalue weighted by atomic mass is 19.4. The van der Waals surface area contributed by atoms with E-state index in [-0.39, 0.29) is 23.4 Å². The van der Waals surface area contributed by atoms with Crippen molar-refractivity contribution in [2.45, 2.75) is 13.3 Å². The second-order valence-electron chi connectivity index (χ2n) is 3.47. The summed E-state index contributed by atoms with van der Waals surface area (Å²) in [4.78, 5) is 11.5. The van der Waals surface area contributed by atoms with Gasteiger partial charge in [-0.2, -0.15) is 0 Å². The van der Waals surface area contributed by atoms with Crippen LogP contribution in [0.15, 0.2) is 24.8 Å². The van der Waals surface area contributed by atoms with Gasteiger partial charge in [0.1, 0.15) is 5.75 Å². The van der Waals surface area contributed by atoms with Gasteiger partial charge in [0, 0.05) is 5.69 Å². The van der Waals surface area contributed by atoms with Crippen LogP contribution >= 0.6 is 0 Å². The standard InChI is InChI=1S/C12H12F3NO3/c1-3-18-11(17)7(2)10-8(16)5-4-6-9(10)19-12(13,14)15/h4-6H,2-3,16H2,1H3. The van der Waals surface area contributed by atoms with Crippen molar-refractivity contribution in [3.63, 3.8) is 0 Å². The van der Waals surface area contributed by atoms with Gasteiger partial charge in [0.15, 0.2) is 0 Å². The Morgan fingerprint density at radius 3 is 2.58 bits per heavy atom. The van der Waals surface area contributed by atoms with Gasteiger partial charge in [-0.1, -0.05) is 12.6 Å². The third-order valence-electron chi connectivity index (χ3n) is 2.11. The fourth-order valence-electron chi connectivity index (χ4n) is 1.40. The minimum Gasteiger partial charge on any atom is -0.462 e. The minimum atomic E-state index is -4.89. The number of hydrogen-bond donors (Lipinski definition) is 1. The quantitative estimate of drug-likeness (QED) is 0.521. The first-order chi connectivity index (χ1) is 8.76. The highest BCUT2D eigenvalue weighted by Gasteiger charge is 2.33. The third-order valence-corrected chi connectivity index (χ3v) is 2.11. The van der Waals surface area contributed by atoms with Crippen LogP contribution in [0.3, 0.4) is 0 Å². The molecule has 0 bridgehead atoms. The third kappa shape index (κ3) is 3.90. The van der Waals surface area contributed by atoms with Gasteiger partial charge in [-0.05, 0) is 19.1 Å². The molecule has 104 valence electrons. The summed E-state index contributed by atoms with van der Waals surface area (Å²) >= 11 is 0. The molecule has 0 aliphatic heterocycles. The predicted molar refractivity (Wildman–Crippen MR) is 63.2 cm³/mol. The number of alkyl halides is 3. The van der Waals surface area contributed by atoms with Crippen molar-refractivity contribution < 1.29 is 27.4 Å². The van der Waals surface area contributed by atoms with E-state index in [0.29, 0.717) is 0 Å². The number of carbonyl (C=O) groups is 1. The fraction of sp³-hybridized carbons (Fsp3) is 0.250. The number of rotatable bonds is 4. The Kier molecular flexibility index (Phi) is 4.42. The Balaban J connectivity index is 3.18. The topological polar surface area (TPSA) is 61.5 Å². The molecular weight excluding hydrogens is 263 g/mol. The van der Waals surface area contributed by atoms with Crippen LogP contribution in [-0.4, -0.2) is 18.9 Å². The van der Waals surface area contributed by atoms with Gasteiger partial charge in [0.05, 0.1) is 17.7 Å². The highest BCUT2D eigenvalue weighted by Crippen LogP contribution is 2.34. The second kappa shape index (κ2) is 5.64. The van der Waals surface area contributed by atoms with Crippen molar-refractivity contribution in [2.75, 3.05) is 12.3 Å². The van der Waals surface area contributed by atoms with Crippen LogP contribution in [0, 0.1) is 0 Å². The Labute approximate surface area is 107 Å². The summed E-state index contributed by atoms with van der Waals surface area (Å²) in [5, 5.41) is 0. The molecule has 7 heteroatoms. The lowest BCUT2D eigenvalue weighted by Gasteiger charge is -2.15. The summed E-state index contributed by atoms with van der Waals surface area (Å²) in [6.45, 7) is 5.02. The summed E-state index contributed by atoms with van der Waals surface area (Å²) < 4.78 is 45.3. The van der Waals surface area contributed by atoms with Crippen LogP contribution in [0.5, 0.6) is 5.75 Å². The zero-order valence-electron chi connectivity index (χ0n) is 10.1. The van der Waals surface area contributed by atoms with Crippen LogP contribution in [-0.2, 0) is 9.53 Å². The lowest BCUT2D eigenvalue weighted by molar-refractivity contribution is -0.274. The van der Waals surface area contributed by atoms with Gasteiger partial charge in [-0.15, -0.1) is 13.2 Å². The molecule has 0 fully saturated rings. The van der Waals surface area contributed by atoms with Crippen molar-refractivity contribution in [1.29, 1.82) is 0 Å². The SMILES string of the molecule is C=C(C(=O)OCC)c1c(N)cccc1OC(F)(F)F. The van der Waals surface area contributed by atoms with Gasteiger partial charge in [0.2, 0.25) is 0 Å². The Morgan fingerprint density at radius 2 is 2.05 bits per heavy atom. The molecule has 1 aromatic rings. The first kappa shape index (κ1) is 14.9. The van der Waals surface area contributed by atoms with Crippen LogP contribution in [0.2, 0.25) is 0 Å². The maximum absolute atomic E-state index is 12.3. The lowest BCUT2D eigenvalue weighted by atomic mass is 10.0. The van der Waals surface area contributed by atoms with E-state index in [1.807, 2.05) is 0 Å². The summed E-state index contributed by atoms with van der Waals surface area (Å²) in [5.74, 6) is -1.45. The number of nitrogens with two attached hydrogens (primary N) is 1. The highest BCUT2D eigenvalue weighted by molar-refractivity contribution is 6.18. The molecule has 0 spiro atoms. The van der Waals surface area contributed by atoms with E-state index in [0.717, 1.165) is 6.07 Å². The molecule has 19 heavy (non-hydrogen) atoms. The lowest BCUT2D eigenvalue weighted by Crippen LogP contribution is -2.19. The molecule has 0 unspecified atom stereocenters. The van der Waals surface area contributed by atoms with Gasteiger partial charge in [-0.3, -0.25) is 0 Å². The van der Waals surface area contributed by atoms with Crippen molar-refractivity contribution >= 4 is 17.2 Å². The van der Waals surface area contributed by atoms with E-state index >= 15 is 0 Å². The average Bonchev–Trinajstić information content (AvgIpc) is 2.26. The molecule has 0 radical (unpaired) electrons. The van der Waals surface area contributed by atoms with Crippen molar-refractivity contribution in [1.82, 2.24) is 0 Å². The summed E-state index contributed by atoms with van der Waals surface area (Å²) in [6, 6.07) is 3.66. The maximum atomic E-state index is 12.3. The van der Waals surface area contributed by atoms with E-state index in [1.165, 1.54) is 12.1 Å². The van der Waals surface area contributed by atoms with E-state index in [9.17, 15) is 18.0 Å². The number of anilines is 1. The average molecular weight is 275 g/mol. The Morgan fingerprint density at radius 1 is 1.42 bits per heavy atom. The van der Waals surface area contributed by atoms with Gasteiger partial charge in [-0.25, -0.2) is 4.79 Å². The molecule has 0 aromatic heterocycles. The van der Waals surface area contributed by atoms with Gasteiger partial charge < -0.3 is 15.2 Å². The molecule has 0 aliphatic rings. The van der Waals surface area contributed by atoms with E-state index < -0.39 is 18.1 Å². The first-order valence-corrected chi connectivity index (χ1v) is 5.27. The summed E-state index contributed by atoms with van der Waals surface area (Å²) in [7, 11) is 0. The number of benzene rings is 1.